The predicted octanol–water partition coefficient (Wildman–Crippen LogP) is 11.1. The highest BCUT2D eigenvalue weighted by molar-refractivity contribution is 7.60. The molecule has 0 atom stereocenters. The van der Waals surface area contributed by atoms with Gasteiger partial charge < -0.3 is 28.7 Å². The third-order valence-electron chi connectivity index (χ3n) is 15.8. The number of rotatable bonds is 20. The summed E-state index contributed by atoms with van der Waals surface area (Å²) in [7, 11) is -7.83. The topological polar surface area (TPSA) is 514 Å². The van der Waals surface area contributed by atoms with Crippen molar-refractivity contribution in [2.45, 2.75) is 86.0 Å². The minimum atomic E-state index is -2.61. The molecule has 0 aliphatic heterocycles. The van der Waals surface area contributed by atoms with E-state index in [2.05, 4.69) is 162 Å². The van der Waals surface area contributed by atoms with Crippen LogP contribution in [-0.4, -0.2) is 104 Å². The number of carbonyl (C=O) groups excluding carboxylic acids is 4. The molecular weight excluding hydrogens is 1460 g/mol. The van der Waals surface area contributed by atoms with Crippen LogP contribution < -0.4 is 28.7 Å². The van der Waals surface area contributed by atoms with Gasteiger partial charge in [-0.15, -0.1) is 0 Å². The van der Waals surface area contributed by atoms with Gasteiger partial charge in [0.15, 0.2) is 0 Å². The lowest BCUT2D eigenvalue weighted by molar-refractivity contribution is -0.118. The average molecular weight is 1540 g/mol. The first kappa shape index (κ1) is 85.3. The second-order valence-corrected chi connectivity index (χ2v) is 25.7. The molecule has 0 aliphatic carbocycles. The number of hydrogen-bond donors (Lipinski definition) is 8. The van der Waals surface area contributed by atoms with Crippen molar-refractivity contribution in [2.75, 3.05) is 5.73 Å². The minimum Gasteiger partial charge on any atom is -0.384 e. The molecule has 12 aromatic rings. The lowest BCUT2D eigenvalue weighted by atomic mass is 9.91. The van der Waals surface area contributed by atoms with Gasteiger partial charge in [0, 0.05) is 115 Å². The SMILES string of the molecule is Cc1cc(-c2ccc(-c3cncnc3)cc2CCC(N)=O)ccn1.Cc1cc(C)cc(-c2ccc(-c3cccnn3)cc2CCC(N)=O)c1.Cc1cc(C)cc(-c2ccc(-c3cncnc3)cc2CCC(N)=O)c1.N=S(=O)=O.N=S(=O)=O.N=S(=O)=O.NC(=O)CCc1cc(-c2cncnc2)ccc1-c1cc(N)ncn1. The Hall–Kier alpha value is -13.6. The van der Waals surface area contributed by atoms with Crippen molar-refractivity contribution in [1.82, 2.24) is 55.1 Å². The van der Waals surface area contributed by atoms with E-state index < -0.39 is 31.5 Å². The monoisotopic (exact) mass is 1540 g/mol. The van der Waals surface area contributed by atoms with Gasteiger partial charge in [-0.2, -0.15) is 49.8 Å². The number of aromatic nitrogens is 11. The molecule has 0 saturated heterocycles. The summed E-state index contributed by atoms with van der Waals surface area (Å²) in [5, 5.41) is 8.12. The van der Waals surface area contributed by atoms with E-state index in [0.717, 1.165) is 112 Å². The Morgan fingerprint density at radius 2 is 0.673 bits per heavy atom. The number of amides is 4. The number of hydrogen-bond acceptors (Lipinski definition) is 25. The van der Waals surface area contributed by atoms with Crippen molar-refractivity contribution in [3.63, 3.8) is 0 Å². The van der Waals surface area contributed by atoms with Gasteiger partial charge in [0.2, 0.25) is 23.6 Å². The zero-order valence-corrected chi connectivity index (χ0v) is 62.9. The summed E-state index contributed by atoms with van der Waals surface area (Å²) in [4.78, 5) is 81.8. The Kier molecular flexibility index (Phi) is 33.9. The molecule has 29 nitrogen and oxygen atoms in total. The third kappa shape index (κ3) is 29.7. The third-order valence-corrected chi connectivity index (χ3v) is 15.8. The Bertz CT molecular complexity index is 5110. The highest BCUT2D eigenvalue weighted by Crippen LogP contribution is 2.35. The highest BCUT2D eigenvalue weighted by Gasteiger charge is 2.16. The van der Waals surface area contributed by atoms with Crippen LogP contribution in [0.2, 0.25) is 0 Å². The molecule has 6 heterocycles. The van der Waals surface area contributed by atoms with E-state index in [4.69, 9.17) is 68.3 Å². The highest BCUT2D eigenvalue weighted by atomic mass is 32.2. The van der Waals surface area contributed by atoms with Crippen LogP contribution in [-0.2, 0) is 76.4 Å². The lowest BCUT2D eigenvalue weighted by Crippen LogP contribution is -2.11. The maximum atomic E-state index is 11.3. The Balaban J connectivity index is 0.000000218. The minimum absolute atomic E-state index is 0.252. The number of nitrogen functional groups attached to an aromatic ring is 1. The second kappa shape index (κ2) is 43.8. The Morgan fingerprint density at radius 1 is 0.336 bits per heavy atom. The molecule has 0 fully saturated rings. The molecule has 0 bridgehead atoms. The van der Waals surface area contributed by atoms with E-state index in [1.54, 1.807) is 55.6 Å². The number of nitrogens with two attached hydrogens (primary N) is 5. The molecule has 0 aliphatic rings. The molecule has 13 N–H and O–H groups in total. The molecular formula is C78H79N19O10S3. The Morgan fingerprint density at radius 3 is 1.01 bits per heavy atom. The van der Waals surface area contributed by atoms with E-state index in [-0.39, 0.29) is 30.0 Å². The van der Waals surface area contributed by atoms with Crippen molar-refractivity contribution >= 4 is 60.9 Å². The van der Waals surface area contributed by atoms with Crippen molar-refractivity contribution in [2.24, 2.45) is 22.9 Å². The fourth-order valence-electron chi connectivity index (χ4n) is 11.3. The van der Waals surface area contributed by atoms with Crippen molar-refractivity contribution < 1.29 is 44.4 Å². The zero-order valence-electron chi connectivity index (χ0n) is 60.5. The number of pyridine rings is 1. The van der Waals surface area contributed by atoms with Gasteiger partial charge in [0.1, 0.15) is 31.1 Å². The largest absolute Gasteiger partial charge is 0.384 e. The lowest BCUT2D eigenvalue weighted by Gasteiger charge is -2.13. The number of benzene rings is 6. The quantitative estimate of drug-likeness (QED) is 0.0351. The smallest absolute Gasteiger partial charge is 0.308 e. The number of anilines is 1. The number of nitrogens with zero attached hydrogens (tertiary/aromatic N) is 11. The van der Waals surface area contributed by atoms with Crippen molar-refractivity contribution in [1.29, 1.82) is 14.3 Å². The summed E-state index contributed by atoms with van der Waals surface area (Å²) in [5.41, 5.74) is 53.1. The summed E-state index contributed by atoms with van der Waals surface area (Å²) in [6, 6.07) is 47.1. The number of primary amides is 4. The molecule has 0 saturated carbocycles. The molecule has 32 heteroatoms. The van der Waals surface area contributed by atoms with Crippen molar-refractivity contribution in [3.05, 3.63) is 265 Å². The summed E-state index contributed by atoms with van der Waals surface area (Å²) < 4.78 is 68.5. The zero-order chi connectivity index (χ0) is 80.2. The fraction of sp³-hybridized carbons (Fsp3) is 0.167. The Labute approximate surface area is 639 Å². The summed E-state index contributed by atoms with van der Waals surface area (Å²) in [5.74, 6) is -0.852. The maximum Gasteiger partial charge on any atom is 0.308 e. The first-order valence-electron chi connectivity index (χ1n) is 33.3. The first-order valence-corrected chi connectivity index (χ1v) is 36.5. The average Bonchev–Trinajstić information content (AvgIpc) is 0.826. The standard InChI is InChI=1S/2C21H21N3O.C19H18N4O.C17H16N6O.3HNO2S/c1-14-7-15(2)9-18(8-14)20-5-3-16(19-11-23-13-24-12-19)10-17(20)4-6-21(22)25;1-14-10-15(2)12-18(11-14)19-7-5-17(20-4-3-9-23-24-20)13-16(19)6-8-21(22)25;1-13-8-16(6-7-23-13)18-4-2-14(17-10-21-12-22-11-17)9-15(18)3-5-19(20)24;18-16-6-15(22-10-23-16)14-3-1-11(13-7-20-9-21-8-13)5-12(14)2-4-17(19)24;3*1-4(2)3/h3,5,7-13H,4,6H2,1-2H3,(H2,22,25);3-5,7,9-13H,6,8H2,1-2H3,(H2,22,25);2,4,6-12H,3,5H2,1H3,(H2,20,24);1,3,5-10H,2,4H2,(H2,19,24)(H2,18,22,23);3*1H. The van der Waals surface area contributed by atoms with Crippen LogP contribution >= 0.6 is 0 Å². The first-order chi connectivity index (χ1) is 52.5. The second-order valence-electron chi connectivity index (χ2n) is 24.3. The summed E-state index contributed by atoms with van der Waals surface area (Å²) in [6.45, 7) is 10.3. The van der Waals surface area contributed by atoms with E-state index in [1.807, 2.05) is 61.5 Å². The molecule has 0 unspecified atom stereocenters. The van der Waals surface area contributed by atoms with Gasteiger partial charge in [-0.25, -0.2) is 39.9 Å². The molecule has 0 spiro atoms. The molecule has 564 valence electrons. The van der Waals surface area contributed by atoms with E-state index >= 15 is 0 Å². The van der Waals surface area contributed by atoms with Crippen LogP contribution in [0.25, 0.3) is 89.3 Å². The molecule has 6 aromatic carbocycles. The van der Waals surface area contributed by atoms with Crippen LogP contribution in [0, 0.1) is 49.0 Å². The summed E-state index contributed by atoms with van der Waals surface area (Å²) in [6.07, 6.45) is 23.5. The van der Waals surface area contributed by atoms with Gasteiger partial charge in [0.05, 0.1) is 11.4 Å². The number of nitrogens with one attached hydrogen (secondary N) is 3. The van der Waals surface area contributed by atoms with Gasteiger partial charge >= 0.3 is 31.5 Å². The van der Waals surface area contributed by atoms with Gasteiger partial charge in [-0.05, 0) is 163 Å². The molecule has 110 heavy (non-hydrogen) atoms. The van der Waals surface area contributed by atoms with E-state index in [9.17, 15) is 19.2 Å². The number of aryl methyl sites for hydroxylation is 9. The predicted molar refractivity (Wildman–Crippen MR) is 418 cm³/mol. The van der Waals surface area contributed by atoms with Gasteiger partial charge in [-0.1, -0.05) is 125 Å². The van der Waals surface area contributed by atoms with Crippen molar-refractivity contribution in [3.8, 4) is 89.3 Å². The van der Waals surface area contributed by atoms with Crippen LogP contribution in [0.15, 0.2) is 214 Å². The molecule has 6 aromatic heterocycles. The van der Waals surface area contributed by atoms with Crippen LogP contribution in [0.1, 0.15) is 75.9 Å². The molecule has 4 amide bonds. The molecule has 12 rings (SSSR count). The summed E-state index contributed by atoms with van der Waals surface area (Å²) >= 11 is 0. The van der Waals surface area contributed by atoms with E-state index in [0.29, 0.717) is 56.5 Å². The normalized spacial score (nSPS) is 10.1. The van der Waals surface area contributed by atoms with Crippen LogP contribution in [0.5, 0.6) is 0 Å². The van der Waals surface area contributed by atoms with Gasteiger partial charge in [-0.3, -0.25) is 24.2 Å². The van der Waals surface area contributed by atoms with Crippen LogP contribution in [0.3, 0.4) is 0 Å². The van der Waals surface area contributed by atoms with Gasteiger partial charge in [0.25, 0.3) is 0 Å². The fourth-order valence-corrected chi connectivity index (χ4v) is 11.3. The molecule has 0 radical (unpaired) electrons. The number of carbonyl (C=O) groups is 4. The van der Waals surface area contributed by atoms with E-state index in [1.165, 1.54) is 47.6 Å². The van der Waals surface area contributed by atoms with Crippen LogP contribution in [0.4, 0.5) is 5.82 Å². The maximum absolute atomic E-state index is 11.3.